The number of carbonyl (C=O) groups is 1. The third-order valence-corrected chi connectivity index (χ3v) is 3.01. The topological polar surface area (TPSA) is 38.3 Å². The molecule has 1 fully saturated rings. The number of hydrogen-bond acceptors (Lipinski definition) is 2. The molecule has 0 aromatic rings. The van der Waals surface area contributed by atoms with Crippen LogP contribution in [0.5, 0.6) is 0 Å². The van der Waals surface area contributed by atoms with Crippen LogP contribution in [-0.2, 0) is 9.53 Å². The molecule has 88 valence electrons. The van der Waals surface area contributed by atoms with E-state index < -0.39 is 0 Å². The van der Waals surface area contributed by atoms with E-state index in [4.69, 9.17) is 4.74 Å². The third-order valence-electron chi connectivity index (χ3n) is 3.01. The molecule has 3 nitrogen and oxygen atoms in total. The first-order chi connectivity index (χ1) is 7.03. The second kappa shape index (κ2) is 5.50. The van der Waals surface area contributed by atoms with E-state index in [9.17, 15) is 4.79 Å². The Labute approximate surface area is 92.6 Å². The molecule has 0 aromatic heterocycles. The molecule has 15 heavy (non-hydrogen) atoms. The van der Waals surface area contributed by atoms with Crippen molar-refractivity contribution >= 4 is 5.91 Å². The zero-order valence-corrected chi connectivity index (χ0v) is 10.1. The van der Waals surface area contributed by atoms with E-state index >= 15 is 0 Å². The van der Waals surface area contributed by atoms with Gasteiger partial charge in [-0.2, -0.15) is 0 Å². The Bertz CT molecular complexity index is 214. The first-order valence-corrected chi connectivity index (χ1v) is 5.90. The number of nitrogens with one attached hydrogen (secondary N) is 1. The van der Waals surface area contributed by atoms with Crippen LogP contribution in [0.3, 0.4) is 0 Å². The van der Waals surface area contributed by atoms with Gasteiger partial charge in [-0.05, 0) is 31.6 Å². The number of amides is 1. The average molecular weight is 213 g/mol. The zero-order valence-electron chi connectivity index (χ0n) is 10.1. The van der Waals surface area contributed by atoms with Crippen LogP contribution < -0.4 is 5.32 Å². The first kappa shape index (κ1) is 12.5. The fourth-order valence-corrected chi connectivity index (χ4v) is 2.17. The standard InChI is InChI=1S/C12H23NO2/c1-4-15-8-6-11(14)13-10-5-7-12(2,3)9-10/h10H,4-9H2,1-3H3,(H,13,14). The summed E-state index contributed by atoms with van der Waals surface area (Å²) < 4.78 is 5.15. The number of carbonyl (C=O) groups excluding carboxylic acids is 1. The summed E-state index contributed by atoms with van der Waals surface area (Å²) in [6.45, 7) is 7.69. The highest BCUT2D eigenvalue weighted by Gasteiger charge is 2.31. The summed E-state index contributed by atoms with van der Waals surface area (Å²) in [7, 11) is 0. The summed E-state index contributed by atoms with van der Waals surface area (Å²) in [4.78, 5) is 11.5. The van der Waals surface area contributed by atoms with Gasteiger partial charge in [0.2, 0.25) is 5.91 Å². The van der Waals surface area contributed by atoms with Gasteiger partial charge >= 0.3 is 0 Å². The zero-order chi connectivity index (χ0) is 11.3. The molecule has 0 aliphatic heterocycles. The van der Waals surface area contributed by atoms with E-state index in [1.165, 1.54) is 6.42 Å². The van der Waals surface area contributed by atoms with E-state index in [-0.39, 0.29) is 5.91 Å². The minimum Gasteiger partial charge on any atom is -0.381 e. The van der Waals surface area contributed by atoms with Gasteiger partial charge in [0.05, 0.1) is 6.61 Å². The van der Waals surface area contributed by atoms with Crippen LogP contribution in [0.25, 0.3) is 0 Å². The fourth-order valence-electron chi connectivity index (χ4n) is 2.17. The molecule has 1 atom stereocenters. The highest BCUT2D eigenvalue weighted by molar-refractivity contribution is 5.76. The SMILES string of the molecule is CCOCCC(=O)NC1CCC(C)(C)C1. The monoisotopic (exact) mass is 213 g/mol. The molecular weight excluding hydrogens is 190 g/mol. The average Bonchev–Trinajstić information content (AvgIpc) is 2.46. The third kappa shape index (κ3) is 4.65. The van der Waals surface area contributed by atoms with E-state index in [0.717, 1.165) is 12.8 Å². The first-order valence-electron chi connectivity index (χ1n) is 5.90. The van der Waals surface area contributed by atoms with E-state index in [1.54, 1.807) is 0 Å². The Kier molecular flexibility index (Phi) is 4.58. The summed E-state index contributed by atoms with van der Waals surface area (Å²) in [5.41, 5.74) is 0.401. The lowest BCUT2D eigenvalue weighted by atomic mass is 9.92. The van der Waals surface area contributed by atoms with Crippen LogP contribution >= 0.6 is 0 Å². The van der Waals surface area contributed by atoms with E-state index in [1.807, 2.05) is 6.92 Å². The molecule has 1 unspecified atom stereocenters. The van der Waals surface area contributed by atoms with Gasteiger partial charge in [-0.1, -0.05) is 13.8 Å². The summed E-state index contributed by atoms with van der Waals surface area (Å²) in [6, 6.07) is 0.383. The molecule has 1 rings (SSSR count). The molecule has 0 spiro atoms. The molecule has 0 heterocycles. The van der Waals surface area contributed by atoms with E-state index in [0.29, 0.717) is 31.1 Å². The summed E-state index contributed by atoms with van der Waals surface area (Å²) in [5.74, 6) is 0.131. The van der Waals surface area contributed by atoms with Gasteiger partial charge in [-0.15, -0.1) is 0 Å². The van der Waals surface area contributed by atoms with Gasteiger partial charge in [0.1, 0.15) is 0 Å². The predicted molar refractivity (Wildman–Crippen MR) is 60.7 cm³/mol. The smallest absolute Gasteiger partial charge is 0.222 e. The van der Waals surface area contributed by atoms with Gasteiger partial charge in [0, 0.05) is 19.1 Å². The lowest BCUT2D eigenvalue weighted by Crippen LogP contribution is -2.34. The molecular formula is C12H23NO2. The second-order valence-corrected chi connectivity index (χ2v) is 5.12. The summed E-state index contributed by atoms with van der Waals surface area (Å²) >= 11 is 0. The van der Waals surface area contributed by atoms with Gasteiger partial charge in [0.25, 0.3) is 0 Å². The lowest BCUT2D eigenvalue weighted by Gasteiger charge is -2.17. The van der Waals surface area contributed by atoms with Crippen molar-refractivity contribution in [2.75, 3.05) is 13.2 Å². The Hall–Kier alpha value is -0.570. The van der Waals surface area contributed by atoms with Crippen molar-refractivity contribution in [3.8, 4) is 0 Å². The van der Waals surface area contributed by atoms with Crippen LogP contribution in [0.15, 0.2) is 0 Å². The molecule has 0 bridgehead atoms. The molecule has 0 radical (unpaired) electrons. The van der Waals surface area contributed by atoms with Crippen molar-refractivity contribution in [3.05, 3.63) is 0 Å². The van der Waals surface area contributed by atoms with Gasteiger partial charge in [0.15, 0.2) is 0 Å². The van der Waals surface area contributed by atoms with Crippen LogP contribution in [-0.4, -0.2) is 25.2 Å². The highest BCUT2D eigenvalue weighted by Crippen LogP contribution is 2.36. The molecule has 1 aliphatic carbocycles. The summed E-state index contributed by atoms with van der Waals surface area (Å²) in [5, 5.41) is 3.07. The van der Waals surface area contributed by atoms with Crippen LogP contribution in [0, 0.1) is 5.41 Å². The highest BCUT2D eigenvalue weighted by atomic mass is 16.5. The predicted octanol–water partition coefficient (Wildman–Crippen LogP) is 2.11. The maximum absolute atomic E-state index is 11.5. The van der Waals surface area contributed by atoms with Crippen molar-refractivity contribution in [2.45, 2.75) is 52.5 Å². The number of rotatable bonds is 5. The maximum atomic E-state index is 11.5. The lowest BCUT2D eigenvalue weighted by molar-refractivity contribution is -0.122. The Balaban J connectivity index is 2.16. The van der Waals surface area contributed by atoms with E-state index in [2.05, 4.69) is 19.2 Å². The maximum Gasteiger partial charge on any atom is 0.222 e. The van der Waals surface area contributed by atoms with Crippen molar-refractivity contribution in [3.63, 3.8) is 0 Å². The number of ether oxygens (including phenoxy) is 1. The normalized spacial score (nSPS) is 24.1. The van der Waals surface area contributed by atoms with Gasteiger partial charge < -0.3 is 10.1 Å². The minimum atomic E-state index is 0.131. The van der Waals surface area contributed by atoms with Crippen molar-refractivity contribution in [1.82, 2.24) is 5.32 Å². The Morgan fingerprint density at radius 1 is 1.53 bits per heavy atom. The Morgan fingerprint density at radius 3 is 2.80 bits per heavy atom. The molecule has 1 aliphatic rings. The van der Waals surface area contributed by atoms with Crippen molar-refractivity contribution in [1.29, 1.82) is 0 Å². The Morgan fingerprint density at radius 2 is 2.27 bits per heavy atom. The molecule has 1 N–H and O–H groups in total. The van der Waals surface area contributed by atoms with Crippen LogP contribution in [0.2, 0.25) is 0 Å². The molecule has 0 aromatic carbocycles. The molecule has 1 amide bonds. The number of hydrogen-bond donors (Lipinski definition) is 1. The second-order valence-electron chi connectivity index (χ2n) is 5.12. The molecule has 0 saturated heterocycles. The minimum absolute atomic E-state index is 0.131. The fraction of sp³-hybridized carbons (Fsp3) is 0.917. The quantitative estimate of drug-likeness (QED) is 0.710. The molecule has 3 heteroatoms. The van der Waals surface area contributed by atoms with Crippen molar-refractivity contribution < 1.29 is 9.53 Å². The van der Waals surface area contributed by atoms with Crippen LogP contribution in [0.1, 0.15) is 46.5 Å². The summed E-state index contributed by atoms with van der Waals surface area (Å²) in [6.07, 6.45) is 3.93. The molecule has 1 saturated carbocycles. The largest absolute Gasteiger partial charge is 0.381 e. The van der Waals surface area contributed by atoms with Crippen LogP contribution in [0.4, 0.5) is 0 Å². The van der Waals surface area contributed by atoms with Gasteiger partial charge in [-0.25, -0.2) is 0 Å². The van der Waals surface area contributed by atoms with Gasteiger partial charge in [-0.3, -0.25) is 4.79 Å². The van der Waals surface area contributed by atoms with Crippen molar-refractivity contribution in [2.24, 2.45) is 5.41 Å².